The van der Waals surface area contributed by atoms with Gasteiger partial charge in [0, 0.05) is 19.6 Å². The fourth-order valence-corrected chi connectivity index (χ4v) is 2.13. The molecule has 0 spiro atoms. The van der Waals surface area contributed by atoms with E-state index in [-0.39, 0.29) is 5.97 Å². The highest BCUT2D eigenvalue weighted by atomic mass is 16.5. The number of carbonyl (C=O) groups excluding carboxylic acids is 1. The van der Waals surface area contributed by atoms with Gasteiger partial charge in [-0.25, -0.2) is 4.79 Å². The van der Waals surface area contributed by atoms with Crippen molar-refractivity contribution in [3.05, 3.63) is 23.8 Å². The van der Waals surface area contributed by atoms with Gasteiger partial charge in [-0.3, -0.25) is 0 Å². The highest BCUT2D eigenvalue weighted by molar-refractivity contribution is 5.92. The van der Waals surface area contributed by atoms with Crippen LogP contribution in [-0.4, -0.2) is 51.2 Å². The van der Waals surface area contributed by atoms with Gasteiger partial charge in [0.1, 0.15) is 0 Å². The van der Waals surface area contributed by atoms with E-state index in [0.29, 0.717) is 17.9 Å². The molecule has 0 bridgehead atoms. The van der Waals surface area contributed by atoms with Gasteiger partial charge >= 0.3 is 5.97 Å². The third-order valence-electron chi connectivity index (χ3n) is 3.19. The molecular formula is C16H27N3O2. The number of nitrogens with two attached hydrogens (primary N) is 1. The van der Waals surface area contributed by atoms with Crippen molar-refractivity contribution in [2.24, 2.45) is 0 Å². The Labute approximate surface area is 127 Å². The van der Waals surface area contributed by atoms with E-state index in [1.54, 1.807) is 19.1 Å². The minimum atomic E-state index is -0.328. The summed E-state index contributed by atoms with van der Waals surface area (Å²) in [7, 11) is 4.11. The van der Waals surface area contributed by atoms with E-state index in [4.69, 9.17) is 10.5 Å². The zero-order chi connectivity index (χ0) is 15.8. The lowest BCUT2D eigenvalue weighted by molar-refractivity contribution is 0.0526. The maximum Gasteiger partial charge on any atom is 0.338 e. The summed E-state index contributed by atoms with van der Waals surface area (Å²) in [4.78, 5) is 16.1. The Morgan fingerprint density at radius 1 is 1.19 bits per heavy atom. The fourth-order valence-electron chi connectivity index (χ4n) is 2.13. The number of hydrogen-bond acceptors (Lipinski definition) is 5. The molecule has 1 rings (SSSR count). The molecule has 0 aliphatic heterocycles. The number of likely N-dealkylation sites (N-methyl/N-ethyl adjacent to an activating group) is 1. The van der Waals surface area contributed by atoms with E-state index in [1.165, 1.54) is 0 Å². The third-order valence-corrected chi connectivity index (χ3v) is 3.19. The van der Waals surface area contributed by atoms with Crippen molar-refractivity contribution in [2.75, 3.05) is 51.0 Å². The second kappa shape index (κ2) is 8.52. The number of esters is 1. The summed E-state index contributed by atoms with van der Waals surface area (Å²) in [6.45, 7) is 7.11. The van der Waals surface area contributed by atoms with Gasteiger partial charge in [-0.05, 0) is 45.6 Å². The lowest BCUT2D eigenvalue weighted by atomic mass is 10.1. The maximum atomic E-state index is 11.7. The summed E-state index contributed by atoms with van der Waals surface area (Å²) >= 11 is 0. The molecule has 0 amide bonds. The molecule has 5 heteroatoms. The van der Waals surface area contributed by atoms with Crippen LogP contribution in [0.5, 0.6) is 0 Å². The van der Waals surface area contributed by atoms with Gasteiger partial charge in [-0.15, -0.1) is 0 Å². The standard InChI is InChI=1S/C16H27N3O2/c1-5-9-19(11-10-18(3)4)15-8-7-13(12-14(15)17)16(20)21-6-2/h7-8,12H,5-6,9-11,17H2,1-4H3. The van der Waals surface area contributed by atoms with Crippen molar-refractivity contribution in [3.63, 3.8) is 0 Å². The van der Waals surface area contributed by atoms with Crippen LogP contribution in [-0.2, 0) is 4.74 Å². The normalized spacial score (nSPS) is 10.7. The molecule has 1 aromatic rings. The first-order valence-corrected chi connectivity index (χ1v) is 7.45. The number of nitrogen functional groups attached to an aromatic ring is 1. The number of anilines is 2. The minimum Gasteiger partial charge on any atom is -0.462 e. The molecule has 0 saturated carbocycles. The molecule has 1 aromatic carbocycles. The monoisotopic (exact) mass is 293 g/mol. The lowest BCUT2D eigenvalue weighted by Gasteiger charge is -2.27. The number of nitrogens with zero attached hydrogens (tertiary/aromatic N) is 2. The second-order valence-corrected chi connectivity index (χ2v) is 5.28. The average Bonchev–Trinajstić information content (AvgIpc) is 2.43. The van der Waals surface area contributed by atoms with E-state index >= 15 is 0 Å². The molecule has 0 unspecified atom stereocenters. The van der Waals surface area contributed by atoms with Crippen LogP contribution in [0.1, 0.15) is 30.6 Å². The van der Waals surface area contributed by atoms with Crippen LogP contribution < -0.4 is 10.6 Å². The van der Waals surface area contributed by atoms with E-state index in [0.717, 1.165) is 31.7 Å². The highest BCUT2D eigenvalue weighted by Crippen LogP contribution is 2.25. The van der Waals surface area contributed by atoms with Gasteiger partial charge in [0.15, 0.2) is 0 Å². The van der Waals surface area contributed by atoms with Crippen molar-refractivity contribution in [1.29, 1.82) is 0 Å². The SMILES string of the molecule is CCCN(CCN(C)C)c1ccc(C(=O)OCC)cc1N. The number of benzene rings is 1. The summed E-state index contributed by atoms with van der Waals surface area (Å²) in [5, 5.41) is 0. The van der Waals surface area contributed by atoms with Crippen molar-refractivity contribution in [1.82, 2.24) is 4.90 Å². The smallest absolute Gasteiger partial charge is 0.338 e. The predicted molar refractivity (Wildman–Crippen MR) is 87.9 cm³/mol. The van der Waals surface area contributed by atoms with Crippen LogP contribution in [0.4, 0.5) is 11.4 Å². The molecule has 0 saturated heterocycles. The van der Waals surface area contributed by atoms with Gasteiger partial charge < -0.3 is 20.3 Å². The Balaban J connectivity index is 2.91. The predicted octanol–water partition coefficient (Wildman–Crippen LogP) is 2.22. The first kappa shape index (κ1) is 17.3. The van der Waals surface area contributed by atoms with Gasteiger partial charge in [0.25, 0.3) is 0 Å². The van der Waals surface area contributed by atoms with Crippen molar-refractivity contribution in [3.8, 4) is 0 Å². The molecule has 0 aromatic heterocycles. The van der Waals surface area contributed by atoms with Gasteiger partial charge in [-0.2, -0.15) is 0 Å². The van der Waals surface area contributed by atoms with Crippen LogP contribution in [0.25, 0.3) is 0 Å². The molecule has 0 heterocycles. The number of ether oxygens (including phenoxy) is 1. The van der Waals surface area contributed by atoms with Crippen LogP contribution >= 0.6 is 0 Å². The van der Waals surface area contributed by atoms with E-state index < -0.39 is 0 Å². The summed E-state index contributed by atoms with van der Waals surface area (Å²) in [5.74, 6) is -0.328. The molecule has 0 atom stereocenters. The first-order chi connectivity index (χ1) is 9.99. The van der Waals surface area contributed by atoms with Crippen molar-refractivity contribution >= 4 is 17.3 Å². The van der Waals surface area contributed by atoms with Crippen LogP contribution in [0.3, 0.4) is 0 Å². The van der Waals surface area contributed by atoms with Crippen LogP contribution in [0.2, 0.25) is 0 Å². The number of carbonyl (C=O) groups is 1. The Hall–Kier alpha value is -1.75. The molecule has 118 valence electrons. The summed E-state index contributed by atoms with van der Waals surface area (Å²) in [6, 6.07) is 5.39. The van der Waals surface area contributed by atoms with Gasteiger partial charge in [0.2, 0.25) is 0 Å². The summed E-state index contributed by atoms with van der Waals surface area (Å²) in [5.41, 5.74) is 8.23. The molecule has 5 nitrogen and oxygen atoms in total. The summed E-state index contributed by atoms with van der Waals surface area (Å²) in [6.07, 6.45) is 1.05. The largest absolute Gasteiger partial charge is 0.462 e. The van der Waals surface area contributed by atoms with E-state index in [2.05, 4.69) is 30.8 Å². The molecule has 0 radical (unpaired) electrons. The van der Waals surface area contributed by atoms with Gasteiger partial charge in [-0.1, -0.05) is 6.92 Å². The van der Waals surface area contributed by atoms with E-state index in [9.17, 15) is 4.79 Å². The van der Waals surface area contributed by atoms with Crippen molar-refractivity contribution in [2.45, 2.75) is 20.3 Å². The Morgan fingerprint density at radius 2 is 1.90 bits per heavy atom. The Bertz CT molecular complexity index is 461. The van der Waals surface area contributed by atoms with Gasteiger partial charge in [0.05, 0.1) is 23.5 Å². The molecular weight excluding hydrogens is 266 g/mol. The van der Waals surface area contributed by atoms with Crippen molar-refractivity contribution < 1.29 is 9.53 Å². The summed E-state index contributed by atoms with van der Waals surface area (Å²) < 4.78 is 4.99. The number of hydrogen-bond donors (Lipinski definition) is 1. The zero-order valence-electron chi connectivity index (χ0n) is 13.6. The zero-order valence-corrected chi connectivity index (χ0v) is 13.6. The van der Waals surface area contributed by atoms with Crippen LogP contribution in [0, 0.1) is 0 Å². The van der Waals surface area contributed by atoms with E-state index in [1.807, 2.05) is 6.07 Å². The molecule has 0 aliphatic carbocycles. The Kier molecular flexibility index (Phi) is 7.02. The Morgan fingerprint density at radius 3 is 2.43 bits per heavy atom. The average molecular weight is 293 g/mol. The first-order valence-electron chi connectivity index (χ1n) is 7.45. The maximum absolute atomic E-state index is 11.7. The number of rotatable bonds is 8. The highest BCUT2D eigenvalue weighted by Gasteiger charge is 2.13. The quantitative estimate of drug-likeness (QED) is 0.588. The topological polar surface area (TPSA) is 58.8 Å². The third kappa shape index (κ3) is 5.27. The van der Waals surface area contributed by atoms with Crippen LogP contribution in [0.15, 0.2) is 18.2 Å². The fraction of sp³-hybridized carbons (Fsp3) is 0.562. The lowest BCUT2D eigenvalue weighted by Crippen LogP contribution is -2.32. The molecule has 0 aliphatic rings. The minimum absolute atomic E-state index is 0.328. The molecule has 21 heavy (non-hydrogen) atoms. The second-order valence-electron chi connectivity index (χ2n) is 5.28. The molecule has 0 fully saturated rings. The molecule has 2 N–H and O–H groups in total.